The fraction of sp³-hybridized carbons (Fsp3) is 0.270. The van der Waals surface area contributed by atoms with E-state index in [2.05, 4.69) is 5.32 Å². The van der Waals surface area contributed by atoms with Gasteiger partial charge < -0.3 is 24.6 Å². The normalized spacial score (nSPS) is 17.8. The Bertz CT molecular complexity index is 1980. The van der Waals surface area contributed by atoms with Crippen LogP contribution in [0.1, 0.15) is 43.9 Å². The zero-order valence-electron chi connectivity index (χ0n) is 26.9. The molecule has 11 heteroatoms. The summed E-state index contributed by atoms with van der Waals surface area (Å²) in [6.07, 6.45) is 0.0857. The highest BCUT2D eigenvalue weighted by Crippen LogP contribution is 2.51. The first-order chi connectivity index (χ1) is 23.0. The zero-order chi connectivity index (χ0) is 34.1. The Labute approximate surface area is 279 Å². The molecule has 2 aliphatic heterocycles. The van der Waals surface area contributed by atoms with E-state index in [9.17, 15) is 18.3 Å². The molecule has 4 aromatic rings. The van der Waals surface area contributed by atoms with E-state index >= 15 is 4.39 Å². The summed E-state index contributed by atoms with van der Waals surface area (Å²) >= 11 is 0. The maximum Gasteiger partial charge on any atom is 0.231 e. The van der Waals surface area contributed by atoms with Gasteiger partial charge in [0.25, 0.3) is 0 Å². The number of carbonyl (C=O) groups is 1. The largest absolute Gasteiger partial charge is 0.506 e. The summed E-state index contributed by atoms with van der Waals surface area (Å²) in [6, 6.07) is 23.9. The molecule has 250 valence electrons. The fourth-order valence-electron chi connectivity index (χ4n) is 6.33. The SMILES string of the molecule is COc1ccccc1OCCC(=O)N1c2cccc(O)c2NC2=C(C1c1ccc(OCc3ccccc3)cc1F)S(=O)(=O)CC(C)(C)C2. The number of para-hydroxylation sites is 3. The minimum atomic E-state index is -4.06. The Morgan fingerprint density at radius 2 is 1.71 bits per heavy atom. The Kier molecular flexibility index (Phi) is 9.07. The number of hydrogen-bond acceptors (Lipinski definition) is 8. The van der Waals surface area contributed by atoms with Crippen molar-refractivity contribution in [2.75, 3.05) is 29.7 Å². The molecule has 6 rings (SSSR count). The van der Waals surface area contributed by atoms with Crippen molar-refractivity contribution < 1.29 is 36.9 Å². The topological polar surface area (TPSA) is 114 Å². The van der Waals surface area contributed by atoms with Crippen LogP contribution in [-0.2, 0) is 21.2 Å². The quantitative estimate of drug-likeness (QED) is 0.180. The molecular formula is C37H37FN2O7S. The highest BCUT2D eigenvalue weighted by Gasteiger charge is 2.47. The summed E-state index contributed by atoms with van der Waals surface area (Å²) in [5.74, 6) is -0.523. The number of phenols is 1. The lowest BCUT2D eigenvalue weighted by Gasteiger charge is -2.37. The number of rotatable bonds is 9. The summed E-state index contributed by atoms with van der Waals surface area (Å²) in [5, 5.41) is 14.2. The minimum Gasteiger partial charge on any atom is -0.506 e. The van der Waals surface area contributed by atoms with Gasteiger partial charge in [-0.15, -0.1) is 0 Å². The van der Waals surface area contributed by atoms with Gasteiger partial charge in [0.1, 0.15) is 35.7 Å². The van der Waals surface area contributed by atoms with Gasteiger partial charge in [-0.1, -0.05) is 62.4 Å². The first kappa shape index (κ1) is 32.9. The lowest BCUT2D eigenvalue weighted by atomic mass is 9.88. The van der Waals surface area contributed by atoms with E-state index in [4.69, 9.17) is 14.2 Å². The van der Waals surface area contributed by atoms with Gasteiger partial charge in [0.15, 0.2) is 21.3 Å². The number of ether oxygens (including phenoxy) is 3. The second-order valence-corrected chi connectivity index (χ2v) is 14.6. The van der Waals surface area contributed by atoms with Crippen molar-refractivity contribution in [1.82, 2.24) is 0 Å². The molecule has 4 aromatic carbocycles. The summed E-state index contributed by atoms with van der Waals surface area (Å²) in [7, 11) is -2.55. The molecule has 0 fully saturated rings. The molecular weight excluding hydrogens is 635 g/mol. The molecule has 48 heavy (non-hydrogen) atoms. The number of anilines is 2. The highest BCUT2D eigenvalue weighted by molar-refractivity contribution is 7.95. The molecule has 2 N–H and O–H groups in total. The molecule has 0 saturated heterocycles. The third kappa shape index (κ3) is 6.68. The summed E-state index contributed by atoms with van der Waals surface area (Å²) in [4.78, 5) is 15.5. The van der Waals surface area contributed by atoms with Crippen molar-refractivity contribution in [3.8, 4) is 23.0 Å². The maximum atomic E-state index is 16.4. The molecule has 1 atom stereocenters. The summed E-state index contributed by atoms with van der Waals surface area (Å²) < 4.78 is 61.8. The number of amides is 1. The van der Waals surface area contributed by atoms with Crippen LogP contribution in [0.25, 0.3) is 0 Å². The van der Waals surface area contributed by atoms with Crippen molar-refractivity contribution in [3.05, 3.63) is 119 Å². The van der Waals surface area contributed by atoms with Gasteiger partial charge in [0, 0.05) is 17.3 Å². The fourth-order valence-corrected chi connectivity index (χ4v) is 8.69. The molecule has 1 unspecified atom stereocenters. The molecule has 0 spiro atoms. The first-order valence-electron chi connectivity index (χ1n) is 15.6. The van der Waals surface area contributed by atoms with E-state index in [1.807, 2.05) is 44.2 Å². The third-order valence-corrected chi connectivity index (χ3v) is 10.7. The Morgan fingerprint density at radius 1 is 0.979 bits per heavy atom. The number of allylic oxidation sites excluding steroid dienone is 1. The molecule has 2 heterocycles. The number of sulfone groups is 1. The lowest BCUT2D eigenvalue weighted by Crippen LogP contribution is -2.41. The van der Waals surface area contributed by atoms with E-state index in [0.29, 0.717) is 17.2 Å². The Hall–Kier alpha value is -5.03. The number of carbonyl (C=O) groups excluding carboxylic acids is 1. The minimum absolute atomic E-state index is 0.0326. The van der Waals surface area contributed by atoms with Gasteiger partial charge in [0.2, 0.25) is 5.91 Å². The number of nitrogens with zero attached hydrogens (tertiary/aromatic N) is 1. The van der Waals surface area contributed by atoms with Gasteiger partial charge in [-0.25, -0.2) is 12.8 Å². The van der Waals surface area contributed by atoms with Crippen molar-refractivity contribution in [1.29, 1.82) is 0 Å². The molecule has 0 aromatic heterocycles. The number of benzene rings is 4. The van der Waals surface area contributed by atoms with Crippen LogP contribution in [0.3, 0.4) is 0 Å². The third-order valence-electron chi connectivity index (χ3n) is 8.36. The predicted molar refractivity (Wildman–Crippen MR) is 181 cm³/mol. The van der Waals surface area contributed by atoms with Crippen LogP contribution in [0.4, 0.5) is 15.8 Å². The van der Waals surface area contributed by atoms with Crippen molar-refractivity contribution in [3.63, 3.8) is 0 Å². The van der Waals surface area contributed by atoms with Crippen molar-refractivity contribution >= 4 is 27.1 Å². The van der Waals surface area contributed by atoms with Crippen LogP contribution in [0.5, 0.6) is 23.0 Å². The molecule has 0 bridgehead atoms. The highest BCUT2D eigenvalue weighted by atomic mass is 32.2. The molecule has 0 radical (unpaired) electrons. The van der Waals surface area contributed by atoms with Crippen LogP contribution >= 0.6 is 0 Å². The number of nitrogens with one attached hydrogen (secondary N) is 1. The van der Waals surface area contributed by atoms with Gasteiger partial charge in [-0.3, -0.25) is 9.69 Å². The van der Waals surface area contributed by atoms with Gasteiger partial charge >= 0.3 is 0 Å². The van der Waals surface area contributed by atoms with Crippen molar-refractivity contribution in [2.45, 2.75) is 39.3 Å². The Morgan fingerprint density at radius 3 is 2.44 bits per heavy atom. The Balaban J connectivity index is 1.44. The number of fused-ring (bicyclic) bond motifs is 1. The van der Waals surface area contributed by atoms with E-state index in [0.717, 1.165) is 5.56 Å². The summed E-state index contributed by atoms with van der Waals surface area (Å²) in [6.45, 7) is 3.79. The average Bonchev–Trinajstić information content (AvgIpc) is 3.19. The number of aromatic hydroxyl groups is 1. The summed E-state index contributed by atoms with van der Waals surface area (Å²) in [5.41, 5.74) is 0.843. The number of methoxy groups -OCH3 is 1. The van der Waals surface area contributed by atoms with E-state index in [1.54, 1.807) is 42.5 Å². The van der Waals surface area contributed by atoms with Crippen LogP contribution in [-0.4, -0.2) is 38.9 Å². The average molecular weight is 673 g/mol. The van der Waals surface area contributed by atoms with Crippen LogP contribution in [0, 0.1) is 11.2 Å². The number of halogens is 1. The molecule has 1 amide bonds. The smallest absolute Gasteiger partial charge is 0.231 e. The molecule has 0 aliphatic carbocycles. The number of hydrogen-bond donors (Lipinski definition) is 2. The second-order valence-electron chi connectivity index (χ2n) is 12.6. The van der Waals surface area contributed by atoms with Gasteiger partial charge in [-0.2, -0.15) is 0 Å². The monoisotopic (exact) mass is 672 g/mol. The van der Waals surface area contributed by atoms with Crippen LogP contribution < -0.4 is 24.4 Å². The van der Waals surface area contributed by atoms with E-state index in [1.165, 1.54) is 30.2 Å². The molecule has 9 nitrogen and oxygen atoms in total. The number of phenolic OH excluding ortho intramolecular Hbond substituents is 1. The second kappa shape index (κ2) is 13.2. The lowest BCUT2D eigenvalue weighted by molar-refractivity contribution is -0.119. The van der Waals surface area contributed by atoms with E-state index in [-0.39, 0.29) is 65.2 Å². The van der Waals surface area contributed by atoms with Gasteiger partial charge in [0.05, 0.1) is 36.5 Å². The first-order valence-corrected chi connectivity index (χ1v) is 17.2. The van der Waals surface area contributed by atoms with E-state index < -0.39 is 33.0 Å². The van der Waals surface area contributed by atoms with Gasteiger partial charge in [-0.05, 0) is 53.8 Å². The maximum absolute atomic E-state index is 16.4. The van der Waals surface area contributed by atoms with Crippen molar-refractivity contribution in [2.24, 2.45) is 5.41 Å². The van der Waals surface area contributed by atoms with Crippen LogP contribution in [0.15, 0.2) is 102 Å². The standard InChI is InChI=1S/C37H37FN2O7S/c1-37(2)21-28-36(48(43,44)23-37)35(26-17-16-25(20-27(26)38)47-22-24-10-5-4-6-11-24)40(29-12-9-13-30(41)34(29)39-28)33(42)18-19-46-32-15-8-7-14-31(32)45-3/h4-17,20,35,39,41H,18-19,21-23H2,1-3H3. The predicted octanol–water partition coefficient (Wildman–Crippen LogP) is 7.14. The van der Waals surface area contributed by atoms with Crippen LogP contribution in [0.2, 0.25) is 0 Å². The zero-order valence-corrected chi connectivity index (χ0v) is 27.7. The molecule has 2 aliphatic rings. The molecule has 0 saturated carbocycles.